The zero-order valence-electron chi connectivity index (χ0n) is 16.7. The fraction of sp³-hybridized carbons (Fsp3) is 0.364. The van der Waals surface area contributed by atoms with E-state index in [9.17, 15) is 14.4 Å². The maximum atomic E-state index is 13.0. The summed E-state index contributed by atoms with van der Waals surface area (Å²) >= 11 is 0. The van der Waals surface area contributed by atoms with Crippen LogP contribution in [0, 0.1) is 0 Å². The quantitative estimate of drug-likeness (QED) is 0.783. The minimum atomic E-state index is -0.487. The predicted molar refractivity (Wildman–Crippen MR) is 109 cm³/mol. The Morgan fingerprint density at radius 2 is 2.00 bits per heavy atom. The van der Waals surface area contributed by atoms with Gasteiger partial charge >= 0.3 is 5.97 Å². The maximum Gasteiger partial charge on any atom is 0.337 e. The van der Waals surface area contributed by atoms with Crippen LogP contribution in [0.2, 0.25) is 0 Å². The van der Waals surface area contributed by atoms with Crippen LogP contribution < -0.4 is 5.32 Å². The monoisotopic (exact) mass is 395 g/mol. The molecule has 0 saturated carbocycles. The highest BCUT2D eigenvalue weighted by Crippen LogP contribution is 2.22. The number of nitrogens with one attached hydrogen (secondary N) is 1. The van der Waals surface area contributed by atoms with E-state index in [0.717, 1.165) is 32.2 Å². The number of piperidine rings is 1. The van der Waals surface area contributed by atoms with Crippen LogP contribution in [-0.2, 0) is 4.74 Å². The SMILES string of the molecule is CCC1CCCCN1C(=O)c1ccnc(C(=O)Nc2cccc(C(=O)OC)c2)c1. The zero-order valence-corrected chi connectivity index (χ0v) is 16.7. The predicted octanol–water partition coefficient (Wildman–Crippen LogP) is 3.53. The molecule has 2 aromatic rings. The summed E-state index contributed by atoms with van der Waals surface area (Å²) in [4.78, 5) is 43.2. The van der Waals surface area contributed by atoms with Gasteiger partial charge in [-0.3, -0.25) is 14.6 Å². The van der Waals surface area contributed by atoms with E-state index in [0.29, 0.717) is 16.8 Å². The van der Waals surface area contributed by atoms with Gasteiger partial charge in [0.1, 0.15) is 5.69 Å². The molecular weight excluding hydrogens is 370 g/mol. The molecule has 1 aromatic carbocycles. The van der Waals surface area contributed by atoms with Crippen molar-refractivity contribution in [1.82, 2.24) is 9.88 Å². The summed E-state index contributed by atoms with van der Waals surface area (Å²) in [5.41, 5.74) is 1.37. The van der Waals surface area contributed by atoms with Crippen LogP contribution in [-0.4, -0.2) is 47.4 Å². The Labute approximate surface area is 170 Å². The largest absolute Gasteiger partial charge is 0.465 e. The molecule has 0 bridgehead atoms. The number of benzene rings is 1. The van der Waals surface area contributed by atoms with Crippen molar-refractivity contribution in [3.63, 3.8) is 0 Å². The molecule has 0 radical (unpaired) electrons. The number of aromatic nitrogens is 1. The number of hydrogen-bond donors (Lipinski definition) is 1. The summed E-state index contributed by atoms with van der Waals surface area (Å²) in [6.45, 7) is 2.83. The van der Waals surface area contributed by atoms with Crippen molar-refractivity contribution in [2.24, 2.45) is 0 Å². The fourth-order valence-electron chi connectivity index (χ4n) is 3.58. The first-order chi connectivity index (χ1) is 14.0. The van der Waals surface area contributed by atoms with Crippen molar-refractivity contribution in [2.45, 2.75) is 38.6 Å². The molecule has 1 unspecified atom stereocenters. The van der Waals surface area contributed by atoms with Crippen molar-refractivity contribution < 1.29 is 19.1 Å². The lowest BCUT2D eigenvalue weighted by atomic mass is 9.99. The standard InChI is InChI=1S/C22H25N3O4/c1-3-18-9-4-5-12-25(18)21(27)15-10-11-23-19(14-15)20(26)24-17-8-6-7-16(13-17)22(28)29-2/h6-8,10-11,13-14,18H,3-5,9,12H2,1-2H3,(H,24,26). The van der Waals surface area contributed by atoms with Gasteiger partial charge in [-0.25, -0.2) is 4.79 Å². The summed E-state index contributed by atoms with van der Waals surface area (Å²) in [5.74, 6) is -1.01. The molecule has 1 saturated heterocycles. The molecule has 7 heteroatoms. The summed E-state index contributed by atoms with van der Waals surface area (Å²) in [6.07, 6.45) is 5.53. The molecule has 152 valence electrons. The van der Waals surface area contributed by atoms with E-state index in [-0.39, 0.29) is 17.6 Å². The van der Waals surface area contributed by atoms with E-state index in [2.05, 4.69) is 17.2 Å². The number of carbonyl (C=O) groups excluding carboxylic acids is 3. The lowest BCUT2D eigenvalue weighted by Gasteiger charge is -2.35. The molecule has 1 fully saturated rings. The number of methoxy groups -OCH3 is 1. The van der Waals surface area contributed by atoms with Crippen LogP contribution in [0.1, 0.15) is 63.8 Å². The van der Waals surface area contributed by atoms with Gasteiger partial charge in [0.15, 0.2) is 0 Å². The van der Waals surface area contributed by atoms with Gasteiger partial charge in [-0.15, -0.1) is 0 Å². The molecule has 7 nitrogen and oxygen atoms in total. The molecule has 2 heterocycles. The second-order valence-corrected chi connectivity index (χ2v) is 7.01. The average Bonchev–Trinajstić information content (AvgIpc) is 2.78. The smallest absolute Gasteiger partial charge is 0.337 e. The Bertz CT molecular complexity index is 912. The number of amides is 2. The number of carbonyl (C=O) groups is 3. The molecule has 1 aromatic heterocycles. The van der Waals surface area contributed by atoms with Gasteiger partial charge in [0, 0.05) is 30.0 Å². The summed E-state index contributed by atoms with van der Waals surface area (Å²) in [6, 6.07) is 9.83. The van der Waals surface area contributed by atoms with Gasteiger partial charge in [-0.05, 0) is 56.0 Å². The van der Waals surface area contributed by atoms with Gasteiger partial charge in [-0.1, -0.05) is 13.0 Å². The van der Waals surface area contributed by atoms with E-state index >= 15 is 0 Å². The minimum absolute atomic E-state index is 0.0688. The van der Waals surface area contributed by atoms with Crippen molar-refractivity contribution in [1.29, 1.82) is 0 Å². The zero-order chi connectivity index (χ0) is 20.8. The first kappa shape index (κ1) is 20.5. The molecule has 1 atom stereocenters. The van der Waals surface area contributed by atoms with E-state index < -0.39 is 11.9 Å². The number of esters is 1. The molecule has 3 rings (SSSR count). The molecule has 0 spiro atoms. The van der Waals surface area contributed by atoms with Crippen molar-refractivity contribution in [3.8, 4) is 0 Å². The van der Waals surface area contributed by atoms with Crippen molar-refractivity contribution >= 4 is 23.5 Å². The Kier molecular flexibility index (Phi) is 6.59. The number of likely N-dealkylation sites (tertiary alicyclic amines) is 1. The topological polar surface area (TPSA) is 88.6 Å². The van der Waals surface area contributed by atoms with Crippen molar-refractivity contribution in [3.05, 3.63) is 59.4 Å². The minimum Gasteiger partial charge on any atom is -0.465 e. The lowest BCUT2D eigenvalue weighted by molar-refractivity contribution is 0.0595. The highest BCUT2D eigenvalue weighted by Gasteiger charge is 2.26. The number of anilines is 1. The third-order valence-electron chi connectivity index (χ3n) is 5.14. The molecule has 29 heavy (non-hydrogen) atoms. The van der Waals surface area contributed by atoms with Gasteiger partial charge < -0.3 is 15.0 Å². The number of nitrogens with zero attached hydrogens (tertiary/aromatic N) is 2. The summed E-state index contributed by atoms with van der Waals surface area (Å²) < 4.78 is 4.69. The van der Waals surface area contributed by atoms with E-state index in [4.69, 9.17) is 4.74 Å². The Morgan fingerprint density at radius 1 is 1.17 bits per heavy atom. The Morgan fingerprint density at radius 3 is 2.76 bits per heavy atom. The molecule has 1 aliphatic rings. The third-order valence-corrected chi connectivity index (χ3v) is 5.14. The van der Waals surface area contributed by atoms with Crippen molar-refractivity contribution in [2.75, 3.05) is 19.0 Å². The maximum absolute atomic E-state index is 13.0. The molecule has 1 aliphatic heterocycles. The number of rotatable bonds is 5. The van der Waals surface area contributed by atoms with Gasteiger partial charge in [-0.2, -0.15) is 0 Å². The molecule has 0 aliphatic carbocycles. The number of pyridine rings is 1. The molecular formula is C22H25N3O4. The van der Waals surface area contributed by atoms with E-state index in [1.807, 2.05) is 4.90 Å². The van der Waals surface area contributed by atoms with E-state index in [1.54, 1.807) is 24.3 Å². The highest BCUT2D eigenvalue weighted by atomic mass is 16.5. The number of hydrogen-bond acceptors (Lipinski definition) is 5. The van der Waals surface area contributed by atoms with Crippen LogP contribution in [0.5, 0.6) is 0 Å². The summed E-state index contributed by atoms with van der Waals surface area (Å²) in [7, 11) is 1.30. The Balaban J connectivity index is 1.76. The normalized spacial score (nSPS) is 16.2. The van der Waals surface area contributed by atoms with Gasteiger partial charge in [0.2, 0.25) is 0 Å². The lowest BCUT2D eigenvalue weighted by Crippen LogP contribution is -2.43. The van der Waals surface area contributed by atoms with Gasteiger partial charge in [0.05, 0.1) is 12.7 Å². The second kappa shape index (κ2) is 9.32. The molecule has 1 N–H and O–H groups in total. The summed E-state index contributed by atoms with van der Waals surface area (Å²) in [5, 5.41) is 2.71. The average molecular weight is 395 g/mol. The second-order valence-electron chi connectivity index (χ2n) is 7.01. The van der Waals surface area contributed by atoms with Crippen LogP contribution in [0.25, 0.3) is 0 Å². The van der Waals surface area contributed by atoms with Crippen LogP contribution in [0.3, 0.4) is 0 Å². The first-order valence-corrected chi connectivity index (χ1v) is 9.80. The van der Waals surface area contributed by atoms with Crippen LogP contribution in [0.4, 0.5) is 5.69 Å². The highest BCUT2D eigenvalue weighted by molar-refractivity contribution is 6.05. The first-order valence-electron chi connectivity index (χ1n) is 9.80. The Hall–Kier alpha value is -3.22. The number of ether oxygens (including phenoxy) is 1. The molecule has 2 amide bonds. The van der Waals surface area contributed by atoms with Gasteiger partial charge in [0.25, 0.3) is 11.8 Å². The fourth-order valence-corrected chi connectivity index (χ4v) is 3.58. The van der Waals surface area contributed by atoms with Crippen LogP contribution in [0.15, 0.2) is 42.6 Å². The third kappa shape index (κ3) is 4.80. The van der Waals surface area contributed by atoms with E-state index in [1.165, 1.54) is 25.4 Å². The van der Waals surface area contributed by atoms with Crippen LogP contribution >= 0.6 is 0 Å².